The van der Waals surface area contributed by atoms with Gasteiger partial charge < -0.3 is 0 Å². The Morgan fingerprint density at radius 3 is 2.58 bits per heavy atom. The molecule has 2 aliphatic carbocycles. The standard InChI is InChI=1S/C10H17NO/c1-7-5-9(6-11-12)10(7)8-3-2-4-8/h7-10H,2-6H2,1H3. The van der Waals surface area contributed by atoms with Gasteiger partial charge in [0, 0.05) is 0 Å². The molecule has 0 saturated heterocycles. The lowest BCUT2D eigenvalue weighted by Crippen LogP contribution is -2.43. The normalized spacial score (nSPS) is 41.6. The molecule has 0 radical (unpaired) electrons. The van der Waals surface area contributed by atoms with Gasteiger partial charge in [0.15, 0.2) is 0 Å². The van der Waals surface area contributed by atoms with Crippen molar-refractivity contribution in [1.29, 1.82) is 0 Å². The summed E-state index contributed by atoms with van der Waals surface area (Å²) in [5, 5.41) is 3.03. The molecular weight excluding hydrogens is 150 g/mol. The largest absolute Gasteiger partial charge is 0.151 e. The zero-order chi connectivity index (χ0) is 8.55. The van der Waals surface area contributed by atoms with Gasteiger partial charge in [-0.3, -0.25) is 0 Å². The maximum atomic E-state index is 10.1. The maximum absolute atomic E-state index is 10.1. The van der Waals surface area contributed by atoms with E-state index in [1.807, 2.05) is 0 Å². The van der Waals surface area contributed by atoms with Gasteiger partial charge in [0.1, 0.15) is 0 Å². The lowest BCUT2D eigenvalue weighted by atomic mass is 9.56. The Labute approximate surface area is 73.7 Å². The van der Waals surface area contributed by atoms with Crippen LogP contribution < -0.4 is 0 Å². The molecule has 0 aromatic heterocycles. The molecule has 0 bridgehead atoms. The van der Waals surface area contributed by atoms with E-state index in [2.05, 4.69) is 12.1 Å². The molecule has 2 heteroatoms. The Kier molecular flexibility index (Phi) is 2.16. The van der Waals surface area contributed by atoms with Crippen molar-refractivity contribution < 1.29 is 0 Å². The molecule has 3 atom stereocenters. The highest BCUT2D eigenvalue weighted by Gasteiger charge is 2.44. The Balaban J connectivity index is 1.87. The van der Waals surface area contributed by atoms with E-state index in [0.717, 1.165) is 17.8 Å². The van der Waals surface area contributed by atoms with Crippen LogP contribution in [0.2, 0.25) is 0 Å². The topological polar surface area (TPSA) is 29.4 Å². The van der Waals surface area contributed by atoms with Gasteiger partial charge in [-0.25, -0.2) is 0 Å². The van der Waals surface area contributed by atoms with Gasteiger partial charge in [-0.15, -0.1) is 0 Å². The second kappa shape index (κ2) is 3.15. The minimum atomic E-state index is 0.575. The molecule has 0 spiro atoms. The van der Waals surface area contributed by atoms with Crippen molar-refractivity contribution in [3.63, 3.8) is 0 Å². The summed E-state index contributed by atoms with van der Waals surface area (Å²) in [6.45, 7) is 2.90. The third-order valence-electron chi connectivity index (χ3n) is 3.88. The predicted molar refractivity (Wildman–Crippen MR) is 48.8 cm³/mol. The summed E-state index contributed by atoms with van der Waals surface area (Å²) in [7, 11) is 0. The highest BCUT2D eigenvalue weighted by atomic mass is 16.3. The molecule has 2 fully saturated rings. The number of hydrogen-bond donors (Lipinski definition) is 0. The molecule has 0 N–H and O–H groups in total. The van der Waals surface area contributed by atoms with Crippen molar-refractivity contribution in [3.8, 4) is 0 Å². The highest BCUT2D eigenvalue weighted by molar-refractivity contribution is 4.94. The van der Waals surface area contributed by atoms with Crippen LogP contribution in [0.4, 0.5) is 0 Å². The maximum Gasteiger partial charge on any atom is 0.0842 e. The van der Waals surface area contributed by atoms with E-state index >= 15 is 0 Å². The quantitative estimate of drug-likeness (QED) is 0.594. The number of nitrogens with zero attached hydrogens (tertiary/aromatic N) is 1. The van der Waals surface area contributed by atoms with Gasteiger partial charge in [-0.2, -0.15) is 4.91 Å². The molecule has 0 aliphatic heterocycles. The zero-order valence-corrected chi connectivity index (χ0v) is 7.70. The van der Waals surface area contributed by atoms with E-state index in [9.17, 15) is 4.91 Å². The molecule has 0 aromatic carbocycles. The third-order valence-corrected chi connectivity index (χ3v) is 3.88. The van der Waals surface area contributed by atoms with E-state index in [1.165, 1.54) is 25.7 Å². The number of hydrogen-bond acceptors (Lipinski definition) is 2. The average molecular weight is 167 g/mol. The van der Waals surface area contributed by atoms with E-state index in [4.69, 9.17) is 0 Å². The summed E-state index contributed by atoms with van der Waals surface area (Å²) in [6.07, 6.45) is 5.47. The van der Waals surface area contributed by atoms with Crippen LogP contribution in [0.5, 0.6) is 0 Å². The van der Waals surface area contributed by atoms with Crippen LogP contribution >= 0.6 is 0 Å². The lowest BCUT2D eigenvalue weighted by molar-refractivity contribution is 0.000752. The van der Waals surface area contributed by atoms with Crippen molar-refractivity contribution in [2.24, 2.45) is 28.8 Å². The van der Waals surface area contributed by atoms with Crippen molar-refractivity contribution in [1.82, 2.24) is 0 Å². The van der Waals surface area contributed by atoms with E-state index in [1.54, 1.807) is 0 Å². The van der Waals surface area contributed by atoms with Gasteiger partial charge in [-0.05, 0) is 30.1 Å². The average Bonchev–Trinajstić information content (AvgIpc) is 1.96. The molecule has 2 aliphatic rings. The van der Waals surface area contributed by atoms with Crippen LogP contribution in [0, 0.1) is 28.6 Å². The van der Waals surface area contributed by atoms with Gasteiger partial charge in [-0.1, -0.05) is 31.4 Å². The smallest absolute Gasteiger partial charge is 0.0842 e. The first kappa shape index (κ1) is 8.21. The summed E-state index contributed by atoms with van der Waals surface area (Å²) in [5.74, 6) is 3.29. The lowest BCUT2D eigenvalue weighted by Gasteiger charge is -2.49. The summed E-state index contributed by atoms with van der Waals surface area (Å²) in [5.41, 5.74) is 0. The fourth-order valence-corrected chi connectivity index (χ4v) is 3.03. The molecule has 12 heavy (non-hydrogen) atoms. The molecular formula is C10H17NO. The van der Waals surface area contributed by atoms with Crippen molar-refractivity contribution in [2.45, 2.75) is 32.6 Å². The minimum Gasteiger partial charge on any atom is -0.151 e. The van der Waals surface area contributed by atoms with Gasteiger partial charge >= 0.3 is 0 Å². The van der Waals surface area contributed by atoms with Crippen molar-refractivity contribution in [3.05, 3.63) is 4.91 Å². The number of nitroso groups, excluding NO2 is 1. The Bertz CT molecular complexity index is 177. The predicted octanol–water partition coefficient (Wildman–Crippen LogP) is 2.83. The first-order valence-electron chi connectivity index (χ1n) is 5.12. The second-order valence-corrected chi connectivity index (χ2v) is 4.55. The van der Waals surface area contributed by atoms with Crippen LogP contribution in [0.15, 0.2) is 5.18 Å². The fourth-order valence-electron chi connectivity index (χ4n) is 3.03. The molecule has 0 aromatic rings. The van der Waals surface area contributed by atoms with E-state index < -0.39 is 0 Å². The fraction of sp³-hybridized carbons (Fsp3) is 1.00. The Morgan fingerprint density at radius 1 is 1.42 bits per heavy atom. The molecule has 3 unspecified atom stereocenters. The molecule has 68 valence electrons. The summed E-state index contributed by atoms with van der Waals surface area (Å²) >= 11 is 0. The van der Waals surface area contributed by atoms with Crippen LogP contribution in [0.3, 0.4) is 0 Å². The Hall–Kier alpha value is -0.400. The van der Waals surface area contributed by atoms with Crippen LogP contribution in [0.25, 0.3) is 0 Å². The molecule has 2 nitrogen and oxygen atoms in total. The molecule has 0 heterocycles. The van der Waals surface area contributed by atoms with Crippen molar-refractivity contribution >= 4 is 0 Å². The summed E-state index contributed by atoms with van der Waals surface area (Å²) < 4.78 is 0. The minimum absolute atomic E-state index is 0.575. The summed E-state index contributed by atoms with van der Waals surface area (Å²) in [4.78, 5) is 10.1. The SMILES string of the molecule is CC1CC(CN=O)C1C1CCC1. The van der Waals surface area contributed by atoms with E-state index in [-0.39, 0.29) is 0 Å². The van der Waals surface area contributed by atoms with Crippen LogP contribution in [-0.4, -0.2) is 6.54 Å². The summed E-state index contributed by atoms with van der Waals surface area (Å²) in [6, 6.07) is 0. The second-order valence-electron chi connectivity index (χ2n) is 4.55. The molecule has 0 amide bonds. The first-order chi connectivity index (χ1) is 5.83. The zero-order valence-electron chi connectivity index (χ0n) is 7.70. The highest BCUT2D eigenvalue weighted by Crippen LogP contribution is 2.51. The van der Waals surface area contributed by atoms with Gasteiger partial charge in [0.25, 0.3) is 0 Å². The first-order valence-corrected chi connectivity index (χ1v) is 5.12. The van der Waals surface area contributed by atoms with Gasteiger partial charge in [0.2, 0.25) is 0 Å². The van der Waals surface area contributed by atoms with Crippen molar-refractivity contribution in [2.75, 3.05) is 6.54 Å². The molecule has 2 rings (SSSR count). The van der Waals surface area contributed by atoms with Crippen LogP contribution in [0.1, 0.15) is 32.6 Å². The van der Waals surface area contributed by atoms with E-state index in [0.29, 0.717) is 12.5 Å². The number of rotatable bonds is 3. The van der Waals surface area contributed by atoms with Crippen LogP contribution in [-0.2, 0) is 0 Å². The molecule has 2 saturated carbocycles. The third kappa shape index (κ3) is 1.17. The monoisotopic (exact) mass is 167 g/mol. The Morgan fingerprint density at radius 2 is 2.17 bits per heavy atom. The van der Waals surface area contributed by atoms with Gasteiger partial charge in [0.05, 0.1) is 6.54 Å².